The maximum atomic E-state index is 11.6. The smallest absolute Gasteiger partial charge is 0.294 e. The quantitative estimate of drug-likeness (QED) is 0.413. The van der Waals surface area contributed by atoms with Gasteiger partial charge in [0.15, 0.2) is 0 Å². The first-order chi connectivity index (χ1) is 11.3. The van der Waals surface area contributed by atoms with Gasteiger partial charge in [0.2, 0.25) is 5.79 Å². The van der Waals surface area contributed by atoms with Gasteiger partial charge in [-0.3, -0.25) is 20.2 Å². The average molecular weight is 342 g/mol. The van der Waals surface area contributed by atoms with E-state index in [2.05, 4.69) is 0 Å². The van der Waals surface area contributed by atoms with Gasteiger partial charge in [-0.15, -0.1) is 0 Å². The predicted molar refractivity (Wildman–Crippen MR) is 80.1 cm³/mol. The highest BCUT2D eigenvalue weighted by atomic mass is 16.8. The van der Waals surface area contributed by atoms with E-state index in [1.54, 1.807) is 0 Å². The number of hydrogen-bond acceptors (Lipinski definition) is 8. The molecule has 0 aliphatic heterocycles. The topological polar surface area (TPSA) is 123 Å². The minimum absolute atomic E-state index is 0.124. The predicted octanol–water partition coefficient (Wildman–Crippen LogP) is 1.32. The van der Waals surface area contributed by atoms with Crippen LogP contribution in [0.5, 0.6) is 0 Å². The molecule has 2 atom stereocenters. The maximum Gasteiger partial charge on any atom is 0.294 e. The van der Waals surface area contributed by atoms with Crippen LogP contribution in [0, 0.1) is 20.2 Å². The third-order valence-corrected chi connectivity index (χ3v) is 4.50. The molecule has 10 nitrogen and oxygen atoms in total. The summed E-state index contributed by atoms with van der Waals surface area (Å²) in [5.41, 5.74) is 0.316. The molecule has 0 bridgehead atoms. The zero-order valence-corrected chi connectivity index (χ0v) is 13.6. The second-order valence-electron chi connectivity index (χ2n) is 5.21. The first-order valence-electron chi connectivity index (χ1n) is 6.93. The van der Waals surface area contributed by atoms with E-state index in [0.29, 0.717) is 5.56 Å². The minimum atomic E-state index is -1.76. The Labute approximate surface area is 137 Å². The Morgan fingerprint density at radius 3 is 1.67 bits per heavy atom. The molecule has 0 saturated heterocycles. The molecule has 132 valence electrons. The molecule has 0 unspecified atom stereocenters. The van der Waals surface area contributed by atoms with Crippen molar-refractivity contribution in [3.63, 3.8) is 0 Å². The van der Waals surface area contributed by atoms with Crippen LogP contribution in [0.25, 0.3) is 0 Å². The van der Waals surface area contributed by atoms with Gasteiger partial charge in [0.1, 0.15) is 5.92 Å². The number of hydrogen-bond donors (Lipinski definition) is 0. The Bertz CT molecular complexity index is 624. The molecule has 0 aromatic heterocycles. The van der Waals surface area contributed by atoms with Crippen molar-refractivity contribution in [1.29, 1.82) is 0 Å². The van der Waals surface area contributed by atoms with Crippen LogP contribution in [0.2, 0.25) is 0 Å². The van der Waals surface area contributed by atoms with E-state index in [4.69, 9.17) is 18.9 Å². The van der Waals surface area contributed by atoms with Gasteiger partial charge >= 0.3 is 0 Å². The van der Waals surface area contributed by atoms with Crippen LogP contribution in [0.4, 0.5) is 5.69 Å². The van der Waals surface area contributed by atoms with Crippen LogP contribution >= 0.6 is 0 Å². The minimum Gasteiger partial charge on any atom is -0.348 e. The van der Waals surface area contributed by atoms with Crippen LogP contribution in [-0.4, -0.2) is 55.9 Å². The number of nitrogens with zero attached hydrogens (tertiary/aromatic N) is 2. The first-order valence-corrected chi connectivity index (χ1v) is 6.93. The molecule has 0 N–H and O–H groups in total. The lowest BCUT2D eigenvalue weighted by atomic mass is 9.63. The van der Waals surface area contributed by atoms with Gasteiger partial charge < -0.3 is 18.9 Å². The molecule has 0 heterocycles. The Morgan fingerprint density at radius 2 is 1.33 bits per heavy atom. The normalized spacial score (nSPS) is 24.2. The fourth-order valence-electron chi connectivity index (χ4n) is 3.45. The van der Waals surface area contributed by atoms with Gasteiger partial charge in [-0.2, -0.15) is 0 Å². The zero-order valence-electron chi connectivity index (χ0n) is 13.6. The summed E-state index contributed by atoms with van der Waals surface area (Å²) >= 11 is 0. The number of nitro benzene ring substituents is 1. The molecule has 0 radical (unpaired) electrons. The van der Waals surface area contributed by atoms with Crippen molar-refractivity contribution in [2.24, 2.45) is 0 Å². The lowest BCUT2D eigenvalue weighted by molar-refractivity contribution is -0.640. The molecule has 0 amide bonds. The van der Waals surface area contributed by atoms with Gasteiger partial charge in [-0.05, 0) is 5.56 Å². The summed E-state index contributed by atoms with van der Waals surface area (Å²) in [6.07, 6.45) is 0. The standard InChI is InChI=1S/C14H18N2O8/c1-21-13(22-2)11(9-5-7-10(8-6-9)15(17)18)12(16(19)20)14(13,23-3)24-4/h5-8,11-12H,1-4H3/t11-,12-/m0/s1. The van der Waals surface area contributed by atoms with Crippen molar-refractivity contribution in [2.45, 2.75) is 23.5 Å². The van der Waals surface area contributed by atoms with E-state index in [1.165, 1.54) is 52.7 Å². The van der Waals surface area contributed by atoms with Crippen LogP contribution < -0.4 is 0 Å². The number of ether oxygens (including phenoxy) is 4. The summed E-state index contributed by atoms with van der Waals surface area (Å²) in [5, 5.41) is 22.4. The third-order valence-electron chi connectivity index (χ3n) is 4.50. The molecule has 24 heavy (non-hydrogen) atoms. The fraction of sp³-hybridized carbons (Fsp3) is 0.571. The van der Waals surface area contributed by atoms with Crippen LogP contribution in [-0.2, 0) is 18.9 Å². The van der Waals surface area contributed by atoms with E-state index >= 15 is 0 Å². The van der Waals surface area contributed by atoms with E-state index in [9.17, 15) is 20.2 Å². The Kier molecular flexibility index (Phi) is 4.85. The van der Waals surface area contributed by atoms with E-state index in [-0.39, 0.29) is 5.69 Å². The molecule has 1 aromatic carbocycles. The summed E-state index contributed by atoms with van der Waals surface area (Å²) < 4.78 is 21.4. The van der Waals surface area contributed by atoms with Crippen molar-refractivity contribution in [2.75, 3.05) is 28.4 Å². The molecule has 1 aromatic rings. The van der Waals surface area contributed by atoms with Crippen molar-refractivity contribution >= 4 is 5.69 Å². The second kappa shape index (κ2) is 6.40. The maximum absolute atomic E-state index is 11.6. The number of nitro groups is 2. The molecule has 1 aliphatic carbocycles. The lowest BCUT2D eigenvalue weighted by Crippen LogP contribution is -2.82. The molecule has 1 aliphatic rings. The summed E-state index contributed by atoms with van der Waals surface area (Å²) in [5.74, 6) is -4.22. The largest absolute Gasteiger partial charge is 0.348 e. The Balaban J connectivity index is 2.56. The van der Waals surface area contributed by atoms with Gasteiger partial charge in [0.05, 0.1) is 4.92 Å². The first kappa shape index (κ1) is 18.2. The summed E-state index contributed by atoms with van der Waals surface area (Å²) in [4.78, 5) is 21.3. The zero-order chi connectivity index (χ0) is 18.1. The number of methoxy groups -OCH3 is 4. The molecule has 1 fully saturated rings. The molecule has 10 heteroatoms. The summed E-state index contributed by atoms with van der Waals surface area (Å²) in [6, 6.07) is 4.07. The van der Waals surface area contributed by atoms with Crippen molar-refractivity contribution in [3.05, 3.63) is 50.1 Å². The van der Waals surface area contributed by atoms with E-state index in [1.807, 2.05) is 0 Å². The fourth-order valence-corrected chi connectivity index (χ4v) is 3.45. The summed E-state index contributed by atoms with van der Waals surface area (Å²) in [6.45, 7) is 0. The Morgan fingerprint density at radius 1 is 0.875 bits per heavy atom. The van der Waals surface area contributed by atoms with E-state index in [0.717, 1.165) is 0 Å². The second-order valence-corrected chi connectivity index (χ2v) is 5.21. The van der Waals surface area contributed by atoms with Gasteiger partial charge in [-0.25, -0.2) is 0 Å². The molecular weight excluding hydrogens is 324 g/mol. The summed E-state index contributed by atoms with van der Waals surface area (Å²) in [7, 11) is 5.17. The highest BCUT2D eigenvalue weighted by molar-refractivity contribution is 5.39. The number of benzene rings is 1. The third kappa shape index (κ3) is 2.18. The highest BCUT2D eigenvalue weighted by Gasteiger charge is 2.83. The average Bonchev–Trinajstić information content (AvgIpc) is 2.56. The highest BCUT2D eigenvalue weighted by Crippen LogP contribution is 2.59. The molecular formula is C14H18N2O8. The van der Waals surface area contributed by atoms with Gasteiger partial charge in [0.25, 0.3) is 17.5 Å². The van der Waals surface area contributed by atoms with Crippen molar-refractivity contribution < 1.29 is 28.8 Å². The van der Waals surface area contributed by atoms with Crippen LogP contribution in [0.1, 0.15) is 11.5 Å². The van der Waals surface area contributed by atoms with Crippen LogP contribution in [0.3, 0.4) is 0 Å². The lowest BCUT2D eigenvalue weighted by Gasteiger charge is -2.59. The van der Waals surface area contributed by atoms with Gasteiger partial charge in [-0.1, -0.05) is 12.1 Å². The monoisotopic (exact) mass is 342 g/mol. The molecule has 1 saturated carbocycles. The van der Waals surface area contributed by atoms with E-state index < -0.39 is 33.4 Å². The molecule has 2 rings (SSSR count). The SMILES string of the molecule is COC1(OC)[C@@H]([N+](=O)[O-])[C@H](c2ccc([N+](=O)[O-])cc2)C1(OC)OC. The molecule has 0 spiro atoms. The number of non-ortho nitro benzene ring substituents is 1. The van der Waals surface area contributed by atoms with Crippen molar-refractivity contribution in [3.8, 4) is 0 Å². The Hall–Kier alpha value is -2.14. The van der Waals surface area contributed by atoms with Crippen LogP contribution in [0.15, 0.2) is 24.3 Å². The van der Waals surface area contributed by atoms with Gasteiger partial charge in [0, 0.05) is 45.5 Å². The van der Waals surface area contributed by atoms with Crippen molar-refractivity contribution in [1.82, 2.24) is 0 Å². The number of rotatable bonds is 7.